The van der Waals surface area contributed by atoms with E-state index < -0.39 is 5.82 Å². The Morgan fingerprint density at radius 3 is 2.45 bits per heavy atom. The van der Waals surface area contributed by atoms with Gasteiger partial charge in [0.1, 0.15) is 11.6 Å². The standard InChI is InChI=1S/C23H22ClFN2O4/c24-18-7-6-17(8-19(18)25)31-11-20(29)27-23-12-22(13-23,14-23)9-16(28)10-26-21(30)15-4-2-1-3-5-15/h1-8H,9-14H2,(H,26,30)(H,27,29). The third kappa shape index (κ3) is 4.71. The van der Waals surface area contributed by atoms with Crippen molar-refractivity contribution in [3.63, 3.8) is 0 Å². The molecule has 0 aliphatic heterocycles. The van der Waals surface area contributed by atoms with Gasteiger partial charge < -0.3 is 15.4 Å². The Kier molecular flexibility index (Phi) is 5.71. The highest BCUT2D eigenvalue weighted by Gasteiger charge is 2.68. The fraction of sp³-hybridized carbons (Fsp3) is 0.348. The van der Waals surface area contributed by atoms with E-state index in [9.17, 15) is 18.8 Å². The molecule has 0 atom stereocenters. The third-order valence-electron chi connectivity index (χ3n) is 5.86. The van der Waals surface area contributed by atoms with E-state index in [-0.39, 0.29) is 52.5 Å². The third-order valence-corrected chi connectivity index (χ3v) is 6.17. The molecule has 2 N–H and O–H groups in total. The molecule has 3 fully saturated rings. The Bertz CT molecular complexity index is 1010. The smallest absolute Gasteiger partial charge is 0.258 e. The van der Waals surface area contributed by atoms with Gasteiger partial charge in [-0.25, -0.2) is 4.39 Å². The van der Waals surface area contributed by atoms with Crippen LogP contribution in [-0.4, -0.2) is 36.3 Å². The summed E-state index contributed by atoms with van der Waals surface area (Å²) in [5.74, 6) is -0.946. The average Bonchev–Trinajstić information content (AvgIpc) is 2.71. The van der Waals surface area contributed by atoms with Crippen LogP contribution in [0.4, 0.5) is 4.39 Å². The second kappa shape index (κ2) is 8.30. The number of hydrogen-bond donors (Lipinski definition) is 2. The fourth-order valence-corrected chi connectivity index (χ4v) is 4.83. The first-order valence-electron chi connectivity index (χ1n) is 10.0. The van der Waals surface area contributed by atoms with Crippen LogP contribution in [0.2, 0.25) is 5.02 Å². The SMILES string of the molecule is O=C(CNC(=O)c1ccccc1)CC12CC(NC(=O)COc3ccc(Cl)c(F)c3)(C1)C2. The number of benzene rings is 2. The average molecular weight is 445 g/mol. The molecule has 8 heteroatoms. The molecule has 0 spiro atoms. The summed E-state index contributed by atoms with van der Waals surface area (Å²) in [6, 6.07) is 12.7. The quantitative estimate of drug-likeness (QED) is 0.621. The number of Topliss-reactive ketones (excluding diaryl/α,β-unsaturated/α-hetero) is 1. The minimum Gasteiger partial charge on any atom is -0.484 e. The van der Waals surface area contributed by atoms with Crippen LogP contribution in [0.15, 0.2) is 48.5 Å². The molecule has 2 bridgehead atoms. The molecule has 2 amide bonds. The highest BCUT2D eigenvalue weighted by Crippen LogP contribution is 2.68. The predicted molar refractivity (Wildman–Crippen MR) is 112 cm³/mol. The Labute approximate surface area is 184 Å². The summed E-state index contributed by atoms with van der Waals surface area (Å²) in [5.41, 5.74) is 0.160. The van der Waals surface area contributed by atoms with Crippen molar-refractivity contribution >= 4 is 29.2 Å². The Morgan fingerprint density at radius 2 is 1.77 bits per heavy atom. The molecule has 2 aromatic carbocycles. The van der Waals surface area contributed by atoms with Crippen LogP contribution in [0, 0.1) is 11.2 Å². The van der Waals surface area contributed by atoms with Gasteiger partial charge in [0, 0.05) is 23.6 Å². The van der Waals surface area contributed by atoms with Crippen molar-refractivity contribution in [2.24, 2.45) is 5.41 Å². The molecule has 3 aliphatic carbocycles. The van der Waals surface area contributed by atoms with Crippen molar-refractivity contribution in [3.05, 3.63) is 64.9 Å². The lowest BCUT2D eigenvalue weighted by atomic mass is 9.38. The first kappa shape index (κ1) is 21.3. The monoisotopic (exact) mass is 444 g/mol. The molecule has 2 aromatic rings. The molecule has 0 saturated heterocycles. The topological polar surface area (TPSA) is 84.5 Å². The fourth-order valence-electron chi connectivity index (χ4n) is 4.72. The van der Waals surface area contributed by atoms with E-state index in [0.717, 1.165) is 25.3 Å². The lowest BCUT2D eigenvalue weighted by Gasteiger charge is -2.70. The van der Waals surface area contributed by atoms with E-state index >= 15 is 0 Å². The van der Waals surface area contributed by atoms with Crippen molar-refractivity contribution in [3.8, 4) is 5.75 Å². The number of amides is 2. The molecule has 0 heterocycles. The van der Waals surface area contributed by atoms with Crippen LogP contribution in [-0.2, 0) is 9.59 Å². The number of nitrogens with one attached hydrogen (secondary N) is 2. The van der Waals surface area contributed by atoms with E-state index in [1.54, 1.807) is 24.3 Å². The zero-order chi connectivity index (χ0) is 22.1. The van der Waals surface area contributed by atoms with Crippen LogP contribution >= 0.6 is 11.6 Å². The van der Waals surface area contributed by atoms with Crippen LogP contribution in [0.1, 0.15) is 36.0 Å². The van der Waals surface area contributed by atoms with Gasteiger partial charge in [0.05, 0.1) is 11.6 Å². The van der Waals surface area contributed by atoms with Gasteiger partial charge >= 0.3 is 0 Å². The maximum atomic E-state index is 13.4. The first-order chi connectivity index (χ1) is 14.8. The van der Waals surface area contributed by atoms with E-state index in [1.807, 2.05) is 6.07 Å². The van der Waals surface area contributed by atoms with E-state index in [2.05, 4.69) is 10.6 Å². The van der Waals surface area contributed by atoms with E-state index in [4.69, 9.17) is 16.3 Å². The second-order valence-electron chi connectivity index (χ2n) is 8.49. The summed E-state index contributed by atoms with van der Waals surface area (Å²) in [7, 11) is 0. The Balaban J connectivity index is 1.16. The van der Waals surface area contributed by atoms with Crippen molar-refractivity contribution < 1.29 is 23.5 Å². The van der Waals surface area contributed by atoms with Crippen LogP contribution in [0.5, 0.6) is 5.75 Å². The number of rotatable bonds is 9. The van der Waals surface area contributed by atoms with Gasteiger partial charge in [-0.2, -0.15) is 0 Å². The largest absolute Gasteiger partial charge is 0.484 e. The summed E-state index contributed by atoms with van der Waals surface area (Å²) >= 11 is 5.62. The van der Waals surface area contributed by atoms with Crippen LogP contribution in [0.3, 0.4) is 0 Å². The maximum Gasteiger partial charge on any atom is 0.258 e. The molecule has 3 saturated carbocycles. The molecule has 0 radical (unpaired) electrons. The molecule has 5 rings (SSSR count). The van der Waals surface area contributed by atoms with Crippen molar-refractivity contribution in [1.29, 1.82) is 0 Å². The minimum atomic E-state index is -0.606. The number of ether oxygens (including phenoxy) is 1. The van der Waals surface area contributed by atoms with Gasteiger partial charge in [-0.15, -0.1) is 0 Å². The Morgan fingerprint density at radius 1 is 1.06 bits per heavy atom. The molecule has 0 aromatic heterocycles. The van der Waals surface area contributed by atoms with Gasteiger partial charge in [0.25, 0.3) is 11.8 Å². The zero-order valence-corrected chi connectivity index (χ0v) is 17.5. The van der Waals surface area contributed by atoms with Gasteiger partial charge in [0.15, 0.2) is 12.4 Å². The normalized spacial score (nSPS) is 23.2. The summed E-state index contributed by atoms with van der Waals surface area (Å²) < 4.78 is 18.7. The Hall–Kier alpha value is -2.93. The van der Waals surface area contributed by atoms with Crippen molar-refractivity contribution in [2.45, 2.75) is 31.2 Å². The lowest BCUT2D eigenvalue weighted by molar-refractivity contribution is -0.172. The number of hydrogen-bond acceptors (Lipinski definition) is 4. The first-order valence-corrected chi connectivity index (χ1v) is 10.4. The van der Waals surface area contributed by atoms with Gasteiger partial charge in [-0.1, -0.05) is 29.8 Å². The predicted octanol–water partition coefficient (Wildman–Crippen LogP) is 3.29. The molecular weight excluding hydrogens is 423 g/mol. The van der Waals surface area contributed by atoms with Crippen LogP contribution in [0.25, 0.3) is 0 Å². The molecule has 6 nitrogen and oxygen atoms in total. The highest BCUT2D eigenvalue weighted by atomic mass is 35.5. The zero-order valence-electron chi connectivity index (χ0n) is 16.8. The number of carbonyl (C=O) groups excluding carboxylic acids is 3. The summed E-state index contributed by atoms with van der Waals surface area (Å²) in [6.07, 6.45) is 2.60. The summed E-state index contributed by atoms with van der Waals surface area (Å²) in [6.45, 7) is -0.222. The van der Waals surface area contributed by atoms with Crippen molar-refractivity contribution in [1.82, 2.24) is 10.6 Å². The molecule has 0 unspecified atom stereocenters. The minimum absolute atomic E-state index is 0.000326. The molecule has 162 valence electrons. The number of halogens is 2. The lowest BCUT2D eigenvalue weighted by Crippen LogP contribution is -2.75. The van der Waals surface area contributed by atoms with Crippen LogP contribution < -0.4 is 15.4 Å². The highest BCUT2D eigenvalue weighted by molar-refractivity contribution is 6.30. The summed E-state index contributed by atoms with van der Waals surface area (Å²) in [4.78, 5) is 36.5. The summed E-state index contributed by atoms with van der Waals surface area (Å²) in [5, 5.41) is 5.61. The van der Waals surface area contributed by atoms with Gasteiger partial charge in [-0.05, 0) is 48.9 Å². The van der Waals surface area contributed by atoms with Crippen molar-refractivity contribution in [2.75, 3.05) is 13.2 Å². The van der Waals surface area contributed by atoms with E-state index in [1.165, 1.54) is 12.1 Å². The molecule has 31 heavy (non-hydrogen) atoms. The number of ketones is 1. The van der Waals surface area contributed by atoms with Gasteiger partial charge in [0.2, 0.25) is 0 Å². The van der Waals surface area contributed by atoms with Gasteiger partial charge in [-0.3, -0.25) is 14.4 Å². The number of carbonyl (C=O) groups is 3. The maximum absolute atomic E-state index is 13.4. The second-order valence-corrected chi connectivity index (χ2v) is 8.89. The molecule has 3 aliphatic rings. The molecular formula is C23H22ClFN2O4. The van der Waals surface area contributed by atoms with E-state index in [0.29, 0.717) is 12.0 Å².